The summed E-state index contributed by atoms with van der Waals surface area (Å²) in [7, 11) is 0. The number of hydrogen-bond acceptors (Lipinski definition) is 2. The second-order valence-corrected chi connectivity index (χ2v) is 6.74. The summed E-state index contributed by atoms with van der Waals surface area (Å²) in [6, 6.07) is 0. The van der Waals surface area contributed by atoms with Crippen molar-refractivity contribution in [1.82, 2.24) is 9.80 Å². The molecule has 1 heterocycles. The van der Waals surface area contributed by atoms with E-state index in [0.29, 0.717) is 5.91 Å². The maximum Gasteiger partial charge on any atom is 0.228 e. The number of carbonyl (C=O) groups is 1. The van der Waals surface area contributed by atoms with Gasteiger partial charge in [-0.05, 0) is 25.8 Å². The van der Waals surface area contributed by atoms with E-state index in [1.165, 1.54) is 12.8 Å². The van der Waals surface area contributed by atoms with Gasteiger partial charge >= 0.3 is 0 Å². The first-order valence-corrected chi connectivity index (χ1v) is 8.35. The molecule has 0 aromatic heterocycles. The van der Waals surface area contributed by atoms with Crippen LogP contribution < -0.4 is 0 Å². The van der Waals surface area contributed by atoms with Gasteiger partial charge in [0.2, 0.25) is 5.91 Å². The number of hydrogen-bond donors (Lipinski definition) is 0. The number of rotatable bonds is 3. The van der Waals surface area contributed by atoms with Crippen LogP contribution in [0, 0.1) is 5.41 Å². The summed E-state index contributed by atoms with van der Waals surface area (Å²) in [4.78, 5) is 17.2. The summed E-state index contributed by atoms with van der Waals surface area (Å²) < 4.78 is 0. The van der Waals surface area contributed by atoms with E-state index in [1.807, 2.05) is 0 Å². The van der Waals surface area contributed by atoms with Gasteiger partial charge < -0.3 is 9.80 Å². The maximum atomic E-state index is 12.6. The molecular formula is C14H25BrN2O. The predicted molar refractivity (Wildman–Crippen MR) is 78.0 cm³/mol. The quantitative estimate of drug-likeness (QED) is 0.747. The van der Waals surface area contributed by atoms with Crippen LogP contribution in [-0.4, -0.2) is 53.8 Å². The second-order valence-electron chi connectivity index (χ2n) is 5.94. The van der Waals surface area contributed by atoms with Gasteiger partial charge in [-0.3, -0.25) is 4.79 Å². The fraction of sp³-hybridized carbons (Fsp3) is 0.929. The van der Waals surface area contributed by atoms with Crippen molar-refractivity contribution in [3.05, 3.63) is 0 Å². The summed E-state index contributed by atoms with van der Waals surface area (Å²) in [6.45, 7) is 7.30. The van der Waals surface area contributed by atoms with Crippen LogP contribution in [0.3, 0.4) is 0 Å². The van der Waals surface area contributed by atoms with Crippen molar-refractivity contribution in [2.24, 2.45) is 5.41 Å². The van der Waals surface area contributed by atoms with Gasteiger partial charge in [-0.2, -0.15) is 0 Å². The molecule has 1 saturated carbocycles. The average molecular weight is 317 g/mol. The molecule has 4 heteroatoms. The molecule has 0 atom stereocenters. The van der Waals surface area contributed by atoms with Crippen LogP contribution >= 0.6 is 15.9 Å². The Balaban J connectivity index is 1.91. The van der Waals surface area contributed by atoms with Crippen LogP contribution in [-0.2, 0) is 4.79 Å². The summed E-state index contributed by atoms with van der Waals surface area (Å²) in [6.07, 6.45) is 5.76. The Morgan fingerprint density at radius 3 is 2.50 bits per heavy atom. The Hall–Kier alpha value is -0.0900. The van der Waals surface area contributed by atoms with E-state index in [2.05, 4.69) is 32.7 Å². The molecule has 1 amide bonds. The van der Waals surface area contributed by atoms with Crippen LogP contribution in [0.5, 0.6) is 0 Å². The van der Waals surface area contributed by atoms with Gasteiger partial charge in [0.05, 0.1) is 0 Å². The zero-order chi connectivity index (χ0) is 13.0. The highest BCUT2D eigenvalue weighted by atomic mass is 79.9. The molecule has 2 aliphatic rings. The molecule has 0 N–H and O–H groups in total. The van der Waals surface area contributed by atoms with Gasteiger partial charge in [-0.15, -0.1) is 0 Å². The van der Waals surface area contributed by atoms with Crippen LogP contribution in [0.1, 0.15) is 39.0 Å². The molecule has 18 heavy (non-hydrogen) atoms. The smallest absolute Gasteiger partial charge is 0.228 e. The molecule has 0 aromatic carbocycles. The lowest BCUT2D eigenvalue weighted by molar-refractivity contribution is -0.140. The minimum absolute atomic E-state index is 0.0510. The maximum absolute atomic E-state index is 12.6. The van der Waals surface area contributed by atoms with Gasteiger partial charge in [0.1, 0.15) is 0 Å². The Morgan fingerprint density at radius 1 is 1.11 bits per heavy atom. The zero-order valence-corrected chi connectivity index (χ0v) is 13.0. The molecule has 2 fully saturated rings. The van der Waals surface area contributed by atoms with E-state index >= 15 is 0 Å². The standard InChI is InChI=1S/C14H25BrN2O/c1-14(5-2-3-6-14)13(18)17-9-4-8-16(10-7-15)11-12-17/h2-12H2,1H3. The molecule has 1 aliphatic carbocycles. The lowest BCUT2D eigenvalue weighted by atomic mass is 9.87. The fourth-order valence-electron chi connectivity index (χ4n) is 3.27. The van der Waals surface area contributed by atoms with E-state index in [1.54, 1.807) is 0 Å². The number of carbonyl (C=O) groups excluding carboxylic acids is 1. The summed E-state index contributed by atoms with van der Waals surface area (Å²) in [5.41, 5.74) is -0.0510. The van der Waals surface area contributed by atoms with Crippen molar-refractivity contribution >= 4 is 21.8 Å². The molecule has 3 nitrogen and oxygen atoms in total. The summed E-state index contributed by atoms with van der Waals surface area (Å²) >= 11 is 3.49. The van der Waals surface area contributed by atoms with Crippen molar-refractivity contribution < 1.29 is 4.79 Å². The van der Waals surface area contributed by atoms with Crippen molar-refractivity contribution in [2.75, 3.05) is 38.1 Å². The van der Waals surface area contributed by atoms with E-state index < -0.39 is 0 Å². The van der Waals surface area contributed by atoms with E-state index in [9.17, 15) is 4.79 Å². The van der Waals surface area contributed by atoms with Crippen molar-refractivity contribution in [2.45, 2.75) is 39.0 Å². The molecule has 2 rings (SSSR count). The average Bonchev–Trinajstić information content (AvgIpc) is 2.68. The van der Waals surface area contributed by atoms with Gasteiger partial charge in [0.15, 0.2) is 0 Å². The van der Waals surface area contributed by atoms with Crippen molar-refractivity contribution in [3.8, 4) is 0 Å². The third-order valence-corrected chi connectivity index (χ3v) is 4.85. The highest BCUT2D eigenvalue weighted by Gasteiger charge is 2.39. The first-order valence-electron chi connectivity index (χ1n) is 7.23. The normalized spacial score (nSPS) is 25.1. The van der Waals surface area contributed by atoms with Gasteiger partial charge in [-0.1, -0.05) is 35.7 Å². The van der Waals surface area contributed by atoms with E-state index in [0.717, 1.165) is 57.3 Å². The second kappa shape index (κ2) is 6.38. The topological polar surface area (TPSA) is 23.6 Å². The minimum Gasteiger partial charge on any atom is -0.341 e. The van der Waals surface area contributed by atoms with Gasteiger partial charge in [0, 0.05) is 36.9 Å². The largest absolute Gasteiger partial charge is 0.341 e. The van der Waals surface area contributed by atoms with Gasteiger partial charge in [0.25, 0.3) is 0 Å². The lowest BCUT2D eigenvalue weighted by Gasteiger charge is -2.31. The van der Waals surface area contributed by atoms with Crippen LogP contribution in [0.15, 0.2) is 0 Å². The first kappa shape index (κ1) is 14.3. The monoisotopic (exact) mass is 316 g/mol. The van der Waals surface area contributed by atoms with Crippen LogP contribution in [0.4, 0.5) is 0 Å². The highest BCUT2D eigenvalue weighted by Crippen LogP contribution is 2.39. The van der Waals surface area contributed by atoms with Crippen molar-refractivity contribution in [3.63, 3.8) is 0 Å². The molecule has 0 radical (unpaired) electrons. The Labute approximate surface area is 119 Å². The summed E-state index contributed by atoms with van der Waals surface area (Å²) in [5.74, 6) is 0.417. The third kappa shape index (κ3) is 3.27. The Bertz CT molecular complexity index is 290. The van der Waals surface area contributed by atoms with E-state index in [-0.39, 0.29) is 5.41 Å². The molecular weight excluding hydrogens is 292 g/mol. The van der Waals surface area contributed by atoms with Crippen LogP contribution in [0.25, 0.3) is 0 Å². The Morgan fingerprint density at radius 2 is 1.83 bits per heavy atom. The molecule has 0 spiro atoms. The van der Waals surface area contributed by atoms with Crippen molar-refractivity contribution in [1.29, 1.82) is 0 Å². The fourth-order valence-corrected chi connectivity index (χ4v) is 3.77. The predicted octanol–water partition coefficient (Wildman–Crippen LogP) is 2.50. The number of halogens is 1. The SMILES string of the molecule is CC1(C(=O)N2CCCN(CCBr)CC2)CCCC1. The molecule has 1 aliphatic heterocycles. The van der Waals surface area contributed by atoms with E-state index in [4.69, 9.17) is 0 Å². The lowest BCUT2D eigenvalue weighted by Crippen LogP contribution is -2.43. The molecule has 0 bridgehead atoms. The number of alkyl halides is 1. The van der Waals surface area contributed by atoms with Gasteiger partial charge in [-0.25, -0.2) is 0 Å². The highest BCUT2D eigenvalue weighted by molar-refractivity contribution is 9.09. The zero-order valence-electron chi connectivity index (χ0n) is 11.5. The number of nitrogens with zero attached hydrogens (tertiary/aromatic N) is 2. The Kier molecular flexibility index (Phi) is 5.07. The number of amides is 1. The molecule has 0 unspecified atom stereocenters. The summed E-state index contributed by atoms with van der Waals surface area (Å²) in [5, 5.41) is 1.03. The first-order chi connectivity index (χ1) is 8.65. The van der Waals surface area contributed by atoms with Crippen LogP contribution in [0.2, 0.25) is 0 Å². The third-order valence-electron chi connectivity index (χ3n) is 4.50. The minimum atomic E-state index is -0.0510. The molecule has 1 saturated heterocycles. The molecule has 104 valence electrons. The molecule has 0 aromatic rings.